The fourth-order valence-electron chi connectivity index (χ4n) is 1.56. The zero-order chi connectivity index (χ0) is 14.7. The van der Waals surface area contributed by atoms with Gasteiger partial charge in [-0.25, -0.2) is 0 Å². The lowest BCUT2D eigenvalue weighted by molar-refractivity contribution is 1.27. The number of hydrogen-bond donors (Lipinski definition) is 4. The summed E-state index contributed by atoms with van der Waals surface area (Å²) in [6, 6.07) is 6.52. The van der Waals surface area contributed by atoms with Crippen molar-refractivity contribution < 1.29 is 0 Å². The Labute approximate surface area is 118 Å². The van der Waals surface area contributed by atoms with E-state index in [1.54, 1.807) is 24.3 Å². The maximum absolute atomic E-state index is 11.7. The van der Waals surface area contributed by atoms with E-state index in [4.69, 9.17) is 28.0 Å². The van der Waals surface area contributed by atoms with E-state index in [2.05, 4.69) is 15.5 Å². The van der Waals surface area contributed by atoms with Gasteiger partial charge in [0.25, 0.3) is 5.56 Å². The van der Waals surface area contributed by atoms with Gasteiger partial charge in [-0.15, -0.1) is 0 Å². The molecule has 0 bridgehead atoms. The first kappa shape index (κ1) is 13.6. The van der Waals surface area contributed by atoms with Crippen molar-refractivity contribution in [2.45, 2.75) is 0 Å². The first-order valence-electron chi connectivity index (χ1n) is 5.42. The summed E-state index contributed by atoms with van der Waals surface area (Å²) >= 11 is 5.97. The molecule has 0 amide bonds. The van der Waals surface area contributed by atoms with Crippen LogP contribution in [0.5, 0.6) is 0 Å². The van der Waals surface area contributed by atoms with Crippen LogP contribution in [0.25, 0.3) is 10.8 Å². The molecule has 7 nitrogen and oxygen atoms in total. The second-order valence-corrected chi connectivity index (χ2v) is 4.23. The summed E-state index contributed by atoms with van der Waals surface area (Å²) in [4.78, 5) is 14.2. The highest BCUT2D eigenvalue weighted by atomic mass is 35.5. The van der Waals surface area contributed by atoms with Crippen LogP contribution in [-0.4, -0.2) is 16.5 Å². The third-order valence-corrected chi connectivity index (χ3v) is 2.82. The van der Waals surface area contributed by atoms with Crippen molar-refractivity contribution in [3.05, 3.63) is 39.8 Å². The van der Waals surface area contributed by atoms with Gasteiger partial charge >= 0.3 is 0 Å². The molecule has 20 heavy (non-hydrogen) atoms. The number of nitriles is 1. The first-order chi connectivity index (χ1) is 9.52. The Morgan fingerprint density at radius 3 is 2.90 bits per heavy atom. The molecule has 0 fully saturated rings. The standard InChI is InChI=1S/C12H9ClN6O/c13-9-5-17-12(20)8-3-6(1-2-7(8)9)18-19-10(4-14)11(15)16/h1-3,5,18H,(H3,15,16)(H,17,20)/b19-10+. The number of pyridine rings is 1. The van der Waals surface area contributed by atoms with Gasteiger partial charge in [-0.05, 0) is 12.1 Å². The molecule has 0 saturated carbocycles. The van der Waals surface area contributed by atoms with Crippen molar-refractivity contribution >= 4 is 39.6 Å². The van der Waals surface area contributed by atoms with Gasteiger partial charge in [0, 0.05) is 11.6 Å². The highest BCUT2D eigenvalue weighted by Crippen LogP contribution is 2.22. The van der Waals surface area contributed by atoms with Crippen molar-refractivity contribution in [3.63, 3.8) is 0 Å². The number of amidine groups is 1. The van der Waals surface area contributed by atoms with Crippen LogP contribution in [0.3, 0.4) is 0 Å². The summed E-state index contributed by atoms with van der Waals surface area (Å²) < 4.78 is 0. The zero-order valence-corrected chi connectivity index (χ0v) is 10.8. The van der Waals surface area contributed by atoms with Crippen molar-refractivity contribution in [2.24, 2.45) is 10.8 Å². The van der Waals surface area contributed by atoms with Crippen LogP contribution in [0.15, 0.2) is 34.3 Å². The van der Waals surface area contributed by atoms with Crippen LogP contribution in [0, 0.1) is 16.7 Å². The number of aromatic nitrogens is 1. The predicted octanol–water partition coefficient (Wildman–Crippen LogP) is 1.41. The minimum Gasteiger partial charge on any atom is -0.382 e. The number of nitrogens with one attached hydrogen (secondary N) is 3. The molecule has 0 atom stereocenters. The minimum atomic E-state index is -0.443. The van der Waals surface area contributed by atoms with Crippen LogP contribution in [-0.2, 0) is 0 Å². The molecule has 1 aromatic carbocycles. The van der Waals surface area contributed by atoms with E-state index in [0.29, 0.717) is 21.5 Å². The molecular weight excluding hydrogens is 280 g/mol. The Hall–Kier alpha value is -2.85. The third-order valence-electron chi connectivity index (χ3n) is 2.51. The molecule has 5 N–H and O–H groups in total. The molecule has 8 heteroatoms. The van der Waals surface area contributed by atoms with Gasteiger partial charge in [-0.3, -0.25) is 15.6 Å². The van der Waals surface area contributed by atoms with Crippen molar-refractivity contribution in [1.29, 1.82) is 10.7 Å². The molecule has 0 spiro atoms. The van der Waals surface area contributed by atoms with E-state index >= 15 is 0 Å². The number of rotatable bonds is 3. The zero-order valence-electron chi connectivity index (χ0n) is 10.1. The number of nitrogens with two attached hydrogens (primary N) is 1. The van der Waals surface area contributed by atoms with Crippen LogP contribution in [0.4, 0.5) is 5.69 Å². The van der Waals surface area contributed by atoms with Gasteiger partial charge in [0.1, 0.15) is 6.07 Å². The molecule has 0 saturated heterocycles. The van der Waals surface area contributed by atoms with Crippen LogP contribution in [0.1, 0.15) is 0 Å². The molecule has 0 radical (unpaired) electrons. The van der Waals surface area contributed by atoms with Gasteiger partial charge in [-0.2, -0.15) is 10.4 Å². The summed E-state index contributed by atoms with van der Waals surface area (Å²) in [6.45, 7) is 0. The average Bonchev–Trinajstić information content (AvgIpc) is 2.43. The van der Waals surface area contributed by atoms with Gasteiger partial charge in [0.05, 0.1) is 16.1 Å². The molecule has 2 rings (SSSR count). The lowest BCUT2D eigenvalue weighted by atomic mass is 10.1. The van der Waals surface area contributed by atoms with Gasteiger partial charge in [-0.1, -0.05) is 17.7 Å². The predicted molar refractivity (Wildman–Crippen MR) is 78.2 cm³/mol. The number of benzene rings is 1. The summed E-state index contributed by atoms with van der Waals surface area (Å²) in [6.07, 6.45) is 1.42. The molecule has 0 aliphatic rings. The number of nitrogens with zero attached hydrogens (tertiary/aromatic N) is 2. The molecule has 2 aromatic rings. The molecule has 0 aliphatic heterocycles. The molecule has 100 valence electrons. The summed E-state index contributed by atoms with van der Waals surface area (Å²) in [5, 5.41) is 20.9. The number of hydrogen-bond acceptors (Lipinski definition) is 5. The number of aromatic amines is 1. The topological polar surface area (TPSA) is 131 Å². The average molecular weight is 289 g/mol. The van der Waals surface area contributed by atoms with Crippen molar-refractivity contribution in [1.82, 2.24) is 4.98 Å². The Morgan fingerprint density at radius 2 is 2.25 bits per heavy atom. The first-order valence-corrected chi connectivity index (χ1v) is 5.80. The lowest BCUT2D eigenvalue weighted by Gasteiger charge is -2.04. The van der Waals surface area contributed by atoms with E-state index in [0.717, 1.165) is 0 Å². The van der Waals surface area contributed by atoms with E-state index in [1.165, 1.54) is 6.20 Å². The Balaban J connectivity index is 2.44. The second kappa shape index (κ2) is 5.42. The highest BCUT2D eigenvalue weighted by Gasteiger charge is 2.05. The van der Waals surface area contributed by atoms with E-state index in [-0.39, 0.29) is 11.3 Å². The summed E-state index contributed by atoms with van der Waals surface area (Å²) in [5.74, 6) is -0.443. The number of halogens is 1. The van der Waals surface area contributed by atoms with Crippen molar-refractivity contribution in [3.8, 4) is 6.07 Å². The van der Waals surface area contributed by atoms with E-state index < -0.39 is 5.84 Å². The largest absolute Gasteiger partial charge is 0.382 e. The smallest absolute Gasteiger partial charge is 0.255 e. The van der Waals surface area contributed by atoms with Crippen LogP contribution in [0.2, 0.25) is 5.02 Å². The Morgan fingerprint density at radius 1 is 1.50 bits per heavy atom. The van der Waals surface area contributed by atoms with Gasteiger partial charge in [0.15, 0.2) is 5.84 Å². The van der Waals surface area contributed by atoms with E-state index in [1.807, 2.05) is 0 Å². The fraction of sp³-hybridized carbons (Fsp3) is 0. The fourth-order valence-corrected chi connectivity index (χ4v) is 1.78. The van der Waals surface area contributed by atoms with Gasteiger partial charge < -0.3 is 10.7 Å². The number of H-pyrrole nitrogens is 1. The molecule has 0 aliphatic carbocycles. The van der Waals surface area contributed by atoms with Crippen LogP contribution < -0.4 is 16.7 Å². The van der Waals surface area contributed by atoms with Crippen LogP contribution >= 0.6 is 11.6 Å². The Bertz CT molecular complexity index is 817. The van der Waals surface area contributed by atoms with Gasteiger partial charge in [0.2, 0.25) is 5.71 Å². The minimum absolute atomic E-state index is 0.245. The summed E-state index contributed by atoms with van der Waals surface area (Å²) in [5.41, 5.74) is 7.67. The number of fused-ring (bicyclic) bond motifs is 1. The summed E-state index contributed by atoms with van der Waals surface area (Å²) in [7, 11) is 0. The molecular formula is C12H9ClN6O. The normalized spacial score (nSPS) is 11.1. The molecule has 0 unspecified atom stereocenters. The number of anilines is 1. The third kappa shape index (κ3) is 2.60. The molecule has 1 heterocycles. The Kier molecular flexibility index (Phi) is 3.68. The quantitative estimate of drug-likeness (QED) is 0.386. The SMILES string of the molecule is N#C/C(=N\Nc1ccc2c(Cl)c[nH]c(=O)c2c1)C(=N)N. The monoisotopic (exact) mass is 288 g/mol. The maximum Gasteiger partial charge on any atom is 0.255 e. The molecule has 1 aromatic heterocycles. The van der Waals surface area contributed by atoms with Crippen molar-refractivity contribution in [2.75, 3.05) is 5.43 Å². The lowest BCUT2D eigenvalue weighted by Crippen LogP contribution is -2.21. The maximum atomic E-state index is 11.7. The number of hydrazone groups is 1. The van der Waals surface area contributed by atoms with E-state index in [9.17, 15) is 4.79 Å². The highest BCUT2D eigenvalue weighted by molar-refractivity contribution is 6.45. The second-order valence-electron chi connectivity index (χ2n) is 3.82.